The van der Waals surface area contributed by atoms with Gasteiger partial charge in [0.25, 0.3) is 0 Å². The van der Waals surface area contributed by atoms with Crippen LogP contribution in [0.1, 0.15) is 21.6 Å². The molecular formula is C19H14N2O. The van der Waals surface area contributed by atoms with E-state index in [1.165, 1.54) is 0 Å². The van der Waals surface area contributed by atoms with Gasteiger partial charge in [0.1, 0.15) is 0 Å². The maximum Gasteiger partial charge on any atom is 0.188 e. The van der Waals surface area contributed by atoms with Gasteiger partial charge in [-0.15, -0.1) is 0 Å². The van der Waals surface area contributed by atoms with E-state index < -0.39 is 0 Å². The second-order valence-electron chi connectivity index (χ2n) is 5.42. The number of benzene rings is 2. The van der Waals surface area contributed by atoms with E-state index in [0.717, 1.165) is 39.1 Å². The lowest BCUT2D eigenvalue weighted by Gasteiger charge is -2.12. The summed E-state index contributed by atoms with van der Waals surface area (Å²) >= 11 is 0. The third-order valence-corrected chi connectivity index (χ3v) is 3.87. The first kappa shape index (κ1) is 12.8. The van der Waals surface area contributed by atoms with Crippen LogP contribution in [-0.2, 0) is 0 Å². The first-order chi connectivity index (χ1) is 10.7. The molecule has 106 valence electrons. The first-order valence-corrected chi connectivity index (χ1v) is 7.21. The Hall–Kier alpha value is -2.94. The van der Waals surface area contributed by atoms with Crippen LogP contribution >= 0.6 is 0 Å². The van der Waals surface area contributed by atoms with Gasteiger partial charge in [-0.3, -0.25) is 9.78 Å². The van der Waals surface area contributed by atoms with Gasteiger partial charge in [-0.1, -0.05) is 42.5 Å². The molecule has 0 saturated heterocycles. The summed E-state index contributed by atoms with van der Waals surface area (Å²) in [5.41, 5.74) is 5.41. The molecule has 22 heavy (non-hydrogen) atoms. The highest BCUT2D eigenvalue weighted by molar-refractivity contribution is 6.18. The lowest BCUT2D eigenvalue weighted by Crippen LogP contribution is -1.99. The highest BCUT2D eigenvalue weighted by atomic mass is 16.1. The minimum atomic E-state index is 0.0492. The molecule has 0 amide bonds. The number of carbonyl (C=O) groups excluding carboxylic acids is 1. The molecule has 3 heteroatoms. The number of anilines is 1. The molecule has 1 aromatic heterocycles. The highest BCUT2D eigenvalue weighted by Crippen LogP contribution is 2.31. The summed E-state index contributed by atoms with van der Waals surface area (Å²) in [6.07, 6.45) is 1.66. The number of aromatic nitrogens is 1. The van der Waals surface area contributed by atoms with Gasteiger partial charge in [0.15, 0.2) is 5.78 Å². The molecule has 1 aliphatic rings. The monoisotopic (exact) mass is 286 g/mol. The molecule has 3 aromatic rings. The number of nitrogens with zero attached hydrogens (tertiary/aromatic N) is 1. The summed E-state index contributed by atoms with van der Waals surface area (Å²) in [6, 6.07) is 17.7. The number of carbonyl (C=O) groups is 1. The van der Waals surface area contributed by atoms with Gasteiger partial charge in [0.05, 0.1) is 11.2 Å². The predicted octanol–water partition coefficient (Wildman–Crippen LogP) is 4.19. The van der Waals surface area contributed by atoms with Gasteiger partial charge in [0, 0.05) is 34.0 Å². The molecular weight excluding hydrogens is 272 g/mol. The molecule has 1 N–H and O–H groups in total. The number of aryl methyl sites for hydroxylation is 1. The highest BCUT2D eigenvalue weighted by Gasteiger charge is 2.20. The van der Waals surface area contributed by atoms with Crippen LogP contribution < -0.4 is 5.32 Å². The molecule has 1 aliphatic carbocycles. The summed E-state index contributed by atoms with van der Waals surface area (Å²) in [4.78, 5) is 16.6. The zero-order valence-corrected chi connectivity index (χ0v) is 12.1. The fourth-order valence-corrected chi connectivity index (χ4v) is 2.88. The minimum Gasteiger partial charge on any atom is -0.354 e. The lowest BCUT2D eigenvalue weighted by atomic mass is 10.1. The second kappa shape index (κ2) is 4.81. The Morgan fingerprint density at radius 3 is 2.55 bits per heavy atom. The molecule has 0 atom stereocenters. The van der Waals surface area contributed by atoms with Gasteiger partial charge in [-0.05, 0) is 19.1 Å². The van der Waals surface area contributed by atoms with Crippen molar-refractivity contribution in [2.45, 2.75) is 6.92 Å². The Morgan fingerprint density at radius 2 is 1.68 bits per heavy atom. The van der Waals surface area contributed by atoms with E-state index in [2.05, 4.69) is 10.3 Å². The average molecular weight is 286 g/mol. The number of pyridine rings is 1. The number of ketones is 1. The van der Waals surface area contributed by atoms with Crippen molar-refractivity contribution in [1.82, 2.24) is 4.98 Å². The molecule has 0 fully saturated rings. The smallest absolute Gasteiger partial charge is 0.188 e. The molecule has 0 saturated carbocycles. The van der Waals surface area contributed by atoms with E-state index in [0.29, 0.717) is 0 Å². The Kier molecular flexibility index (Phi) is 2.79. The summed E-state index contributed by atoms with van der Waals surface area (Å²) in [5.74, 6) is 0.0492. The molecule has 0 radical (unpaired) electrons. The largest absolute Gasteiger partial charge is 0.354 e. The SMILES string of the molecule is Cc1cc(NC2=CC(=O)c3ccccc32)c2ccccc2n1. The lowest BCUT2D eigenvalue weighted by molar-refractivity contribution is 0.105. The molecule has 3 nitrogen and oxygen atoms in total. The fraction of sp³-hybridized carbons (Fsp3) is 0.0526. The summed E-state index contributed by atoms with van der Waals surface area (Å²) in [7, 11) is 0. The van der Waals surface area contributed by atoms with Gasteiger partial charge in [-0.2, -0.15) is 0 Å². The quantitative estimate of drug-likeness (QED) is 0.768. The third-order valence-electron chi connectivity index (χ3n) is 3.87. The number of hydrogen-bond donors (Lipinski definition) is 1. The molecule has 0 aliphatic heterocycles. The third kappa shape index (κ3) is 1.99. The molecule has 0 spiro atoms. The average Bonchev–Trinajstić information content (AvgIpc) is 2.84. The Morgan fingerprint density at radius 1 is 0.955 bits per heavy atom. The second-order valence-corrected chi connectivity index (χ2v) is 5.42. The van der Waals surface area contributed by atoms with Gasteiger partial charge in [-0.25, -0.2) is 0 Å². The maximum absolute atomic E-state index is 12.1. The Labute approximate surface area is 128 Å². The number of para-hydroxylation sites is 1. The van der Waals surface area contributed by atoms with Crippen LogP contribution in [0.15, 0.2) is 60.7 Å². The van der Waals surface area contributed by atoms with Crippen LogP contribution in [0.25, 0.3) is 16.6 Å². The van der Waals surface area contributed by atoms with Gasteiger partial charge < -0.3 is 5.32 Å². The topological polar surface area (TPSA) is 42.0 Å². The maximum atomic E-state index is 12.1. The zero-order valence-electron chi connectivity index (χ0n) is 12.1. The van der Waals surface area contributed by atoms with Crippen LogP contribution in [0.4, 0.5) is 5.69 Å². The van der Waals surface area contributed by atoms with E-state index in [9.17, 15) is 4.79 Å². The predicted molar refractivity (Wildman–Crippen MR) is 88.9 cm³/mol. The first-order valence-electron chi connectivity index (χ1n) is 7.21. The number of allylic oxidation sites excluding steroid dienone is 1. The van der Waals surface area contributed by atoms with Crippen LogP contribution in [0, 0.1) is 6.92 Å². The number of fused-ring (bicyclic) bond motifs is 2. The van der Waals surface area contributed by atoms with E-state index in [1.807, 2.05) is 61.5 Å². The van der Waals surface area contributed by atoms with Crippen molar-refractivity contribution in [3.8, 4) is 0 Å². The summed E-state index contributed by atoms with van der Waals surface area (Å²) in [6.45, 7) is 1.97. The molecule has 0 bridgehead atoms. The van der Waals surface area contributed by atoms with E-state index in [-0.39, 0.29) is 5.78 Å². The van der Waals surface area contributed by atoms with Crippen LogP contribution in [-0.4, -0.2) is 10.8 Å². The van der Waals surface area contributed by atoms with Crippen LogP contribution in [0.2, 0.25) is 0 Å². The number of rotatable bonds is 2. The molecule has 2 aromatic carbocycles. The van der Waals surface area contributed by atoms with Crippen molar-refractivity contribution in [1.29, 1.82) is 0 Å². The summed E-state index contributed by atoms with van der Waals surface area (Å²) in [5, 5.41) is 4.46. The van der Waals surface area contributed by atoms with Crippen molar-refractivity contribution in [3.63, 3.8) is 0 Å². The fourth-order valence-electron chi connectivity index (χ4n) is 2.88. The molecule has 0 unspecified atom stereocenters. The van der Waals surface area contributed by atoms with Crippen molar-refractivity contribution in [3.05, 3.63) is 77.5 Å². The Bertz CT molecular complexity index is 941. The normalized spacial score (nSPS) is 13.1. The van der Waals surface area contributed by atoms with Gasteiger partial charge >= 0.3 is 0 Å². The van der Waals surface area contributed by atoms with Crippen molar-refractivity contribution >= 4 is 28.1 Å². The van der Waals surface area contributed by atoms with Crippen LogP contribution in [0.5, 0.6) is 0 Å². The number of nitrogens with one attached hydrogen (secondary N) is 1. The van der Waals surface area contributed by atoms with Gasteiger partial charge in [0.2, 0.25) is 0 Å². The number of hydrogen-bond acceptors (Lipinski definition) is 3. The standard InChI is InChI=1S/C19H14N2O/c1-12-10-17(15-8-4-5-9-16(15)20-12)21-18-11-19(22)14-7-3-2-6-13(14)18/h2-11H,1H3,(H,20,21). The van der Waals surface area contributed by atoms with Crippen molar-refractivity contribution in [2.24, 2.45) is 0 Å². The Balaban J connectivity index is 1.83. The van der Waals surface area contributed by atoms with E-state index >= 15 is 0 Å². The van der Waals surface area contributed by atoms with Crippen LogP contribution in [0.3, 0.4) is 0 Å². The molecule has 4 rings (SSSR count). The molecule has 1 heterocycles. The van der Waals surface area contributed by atoms with E-state index in [4.69, 9.17) is 0 Å². The van der Waals surface area contributed by atoms with E-state index in [1.54, 1.807) is 6.08 Å². The minimum absolute atomic E-state index is 0.0492. The zero-order chi connectivity index (χ0) is 15.1. The van der Waals surface area contributed by atoms with Crippen molar-refractivity contribution in [2.75, 3.05) is 5.32 Å². The van der Waals surface area contributed by atoms with Crippen molar-refractivity contribution < 1.29 is 4.79 Å². The summed E-state index contributed by atoms with van der Waals surface area (Å²) < 4.78 is 0.